The van der Waals surface area contributed by atoms with E-state index in [-0.39, 0.29) is 5.25 Å². The standard InChI is InChI=1S/C14H17Cl2NO2S/c1-2-14(10-3-4-12(15)13(16)9-10)20(18,19)11-5-7-17-8-6-11/h2-4,9,11,14,17H,1,5-8H2. The van der Waals surface area contributed by atoms with Crippen LogP contribution in [0, 0.1) is 0 Å². The molecule has 1 aliphatic heterocycles. The molecule has 110 valence electrons. The number of hydrogen-bond donors (Lipinski definition) is 1. The fraction of sp³-hybridized carbons (Fsp3) is 0.429. The minimum Gasteiger partial charge on any atom is -0.317 e. The Kier molecular flexibility index (Phi) is 5.13. The summed E-state index contributed by atoms with van der Waals surface area (Å²) in [4.78, 5) is 0. The van der Waals surface area contributed by atoms with Crippen LogP contribution in [0.1, 0.15) is 23.7 Å². The van der Waals surface area contributed by atoms with E-state index in [9.17, 15) is 8.42 Å². The summed E-state index contributed by atoms with van der Waals surface area (Å²) in [5.74, 6) is 0. The van der Waals surface area contributed by atoms with Gasteiger partial charge in [0.2, 0.25) is 0 Å². The number of rotatable bonds is 4. The van der Waals surface area contributed by atoms with Crippen LogP contribution in [0.4, 0.5) is 0 Å². The van der Waals surface area contributed by atoms with E-state index in [1.165, 1.54) is 6.08 Å². The van der Waals surface area contributed by atoms with Crippen LogP contribution >= 0.6 is 23.2 Å². The number of nitrogens with one attached hydrogen (secondary N) is 1. The lowest BCUT2D eigenvalue weighted by Gasteiger charge is -2.26. The van der Waals surface area contributed by atoms with Gasteiger partial charge in [-0.15, -0.1) is 6.58 Å². The van der Waals surface area contributed by atoms with Crippen molar-refractivity contribution in [1.82, 2.24) is 5.32 Å². The van der Waals surface area contributed by atoms with Crippen molar-refractivity contribution >= 4 is 33.0 Å². The van der Waals surface area contributed by atoms with Gasteiger partial charge in [0, 0.05) is 0 Å². The molecule has 1 unspecified atom stereocenters. The third-order valence-electron chi connectivity index (χ3n) is 3.59. The molecule has 0 aromatic heterocycles. The van der Waals surface area contributed by atoms with Crippen LogP contribution in [0.2, 0.25) is 10.0 Å². The van der Waals surface area contributed by atoms with Crippen molar-refractivity contribution in [3.05, 3.63) is 46.5 Å². The van der Waals surface area contributed by atoms with E-state index >= 15 is 0 Å². The Balaban J connectivity index is 2.35. The topological polar surface area (TPSA) is 46.2 Å². The van der Waals surface area contributed by atoms with Gasteiger partial charge in [-0.2, -0.15) is 0 Å². The first-order valence-corrected chi connectivity index (χ1v) is 8.84. The van der Waals surface area contributed by atoms with E-state index in [1.807, 2.05) is 0 Å². The summed E-state index contributed by atoms with van der Waals surface area (Å²) in [6.07, 6.45) is 2.74. The largest absolute Gasteiger partial charge is 0.317 e. The molecule has 0 saturated carbocycles. The van der Waals surface area contributed by atoms with Gasteiger partial charge in [-0.1, -0.05) is 35.3 Å². The number of sulfone groups is 1. The van der Waals surface area contributed by atoms with Crippen LogP contribution in [0.5, 0.6) is 0 Å². The molecule has 1 aromatic carbocycles. The third-order valence-corrected chi connectivity index (χ3v) is 6.90. The molecule has 3 nitrogen and oxygen atoms in total. The van der Waals surface area contributed by atoms with Crippen LogP contribution in [0.25, 0.3) is 0 Å². The van der Waals surface area contributed by atoms with Gasteiger partial charge in [0.15, 0.2) is 9.84 Å². The summed E-state index contributed by atoms with van der Waals surface area (Å²) >= 11 is 11.9. The molecule has 1 N–H and O–H groups in total. The molecule has 1 aliphatic rings. The van der Waals surface area contributed by atoms with Crippen LogP contribution in [0.15, 0.2) is 30.9 Å². The van der Waals surface area contributed by atoms with Crippen LogP contribution in [-0.2, 0) is 9.84 Å². The Morgan fingerprint density at radius 1 is 1.25 bits per heavy atom. The zero-order valence-electron chi connectivity index (χ0n) is 11.0. The van der Waals surface area contributed by atoms with Crippen molar-refractivity contribution in [2.24, 2.45) is 0 Å². The normalized spacial score (nSPS) is 18.7. The van der Waals surface area contributed by atoms with Gasteiger partial charge < -0.3 is 5.32 Å². The average Bonchev–Trinajstić information content (AvgIpc) is 2.44. The molecule has 0 spiro atoms. The van der Waals surface area contributed by atoms with E-state index in [1.54, 1.807) is 18.2 Å². The van der Waals surface area contributed by atoms with Crippen LogP contribution in [0.3, 0.4) is 0 Å². The molecule has 0 aliphatic carbocycles. The molecule has 0 bridgehead atoms. The van der Waals surface area contributed by atoms with Crippen molar-refractivity contribution in [2.45, 2.75) is 23.3 Å². The minimum absolute atomic E-state index is 0.332. The second-order valence-electron chi connectivity index (χ2n) is 4.87. The number of hydrogen-bond acceptors (Lipinski definition) is 3. The number of piperidine rings is 1. The van der Waals surface area contributed by atoms with Gasteiger partial charge >= 0.3 is 0 Å². The second-order valence-corrected chi connectivity index (χ2v) is 8.04. The monoisotopic (exact) mass is 333 g/mol. The predicted octanol–water partition coefficient (Wildman–Crippen LogP) is 3.39. The van der Waals surface area contributed by atoms with Gasteiger partial charge in [-0.25, -0.2) is 8.42 Å². The molecule has 0 radical (unpaired) electrons. The molecular formula is C14H17Cl2NO2S. The smallest absolute Gasteiger partial charge is 0.163 e. The van der Waals surface area contributed by atoms with E-state index in [2.05, 4.69) is 11.9 Å². The van der Waals surface area contributed by atoms with E-state index in [0.717, 1.165) is 13.1 Å². The zero-order chi connectivity index (χ0) is 14.8. The second kappa shape index (κ2) is 6.48. The summed E-state index contributed by atoms with van der Waals surface area (Å²) < 4.78 is 25.5. The fourth-order valence-corrected chi connectivity index (χ4v) is 4.89. The van der Waals surface area contributed by atoms with Gasteiger partial charge in [0.1, 0.15) is 5.25 Å². The molecule has 1 saturated heterocycles. The quantitative estimate of drug-likeness (QED) is 0.859. The molecule has 20 heavy (non-hydrogen) atoms. The molecule has 6 heteroatoms. The maximum Gasteiger partial charge on any atom is 0.163 e. The maximum absolute atomic E-state index is 12.7. The van der Waals surface area contributed by atoms with Crippen LogP contribution < -0.4 is 5.32 Å². The Morgan fingerprint density at radius 3 is 2.45 bits per heavy atom. The third kappa shape index (κ3) is 3.19. The SMILES string of the molecule is C=CC(c1ccc(Cl)c(Cl)c1)S(=O)(=O)C1CCNCC1. The van der Waals surface area contributed by atoms with Gasteiger partial charge in [-0.05, 0) is 43.6 Å². The lowest BCUT2D eigenvalue weighted by Crippen LogP contribution is -2.37. The Hall–Kier alpha value is -0.550. The minimum atomic E-state index is -3.32. The maximum atomic E-state index is 12.7. The van der Waals surface area contributed by atoms with E-state index in [4.69, 9.17) is 23.2 Å². The Bertz CT molecular complexity index is 595. The van der Waals surface area contributed by atoms with Crippen molar-refractivity contribution in [2.75, 3.05) is 13.1 Å². The van der Waals surface area contributed by atoms with Crippen molar-refractivity contribution < 1.29 is 8.42 Å². The van der Waals surface area contributed by atoms with Gasteiger partial charge in [-0.3, -0.25) is 0 Å². The van der Waals surface area contributed by atoms with Gasteiger partial charge in [0.25, 0.3) is 0 Å². The van der Waals surface area contributed by atoms with Crippen molar-refractivity contribution in [3.63, 3.8) is 0 Å². The average molecular weight is 334 g/mol. The molecule has 1 atom stereocenters. The lowest BCUT2D eigenvalue weighted by atomic mass is 10.1. The van der Waals surface area contributed by atoms with Crippen molar-refractivity contribution in [1.29, 1.82) is 0 Å². The highest BCUT2D eigenvalue weighted by atomic mass is 35.5. The number of halogens is 2. The summed E-state index contributed by atoms with van der Waals surface area (Å²) in [6.45, 7) is 5.14. The lowest BCUT2D eigenvalue weighted by molar-refractivity contribution is 0.493. The first-order valence-electron chi connectivity index (χ1n) is 6.47. The van der Waals surface area contributed by atoms with E-state index in [0.29, 0.717) is 28.5 Å². The summed E-state index contributed by atoms with van der Waals surface area (Å²) in [6, 6.07) is 4.92. The summed E-state index contributed by atoms with van der Waals surface area (Å²) in [5.41, 5.74) is 0.618. The first-order chi connectivity index (χ1) is 9.46. The highest BCUT2D eigenvalue weighted by Gasteiger charge is 2.34. The molecule has 2 rings (SSSR count). The zero-order valence-corrected chi connectivity index (χ0v) is 13.3. The molecule has 1 aromatic rings. The fourth-order valence-electron chi connectivity index (χ4n) is 2.48. The molecular weight excluding hydrogens is 317 g/mol. The van der Waals surface area contributed by atoms with Crippen LogP contribution in [-0.4, -0.2) is 26.8 Å². The number of benzene rings is 1. The van der Waals surface area contributed by atoms with Gasteiger partial charge in [0.05, 0.1) is 15.3 Å². The Labute approximate surface area is 129 Å². The van der Waals surface area contributed by atoms with E-state index < -0.39 is 15.1 Å². The molecule has 1 heterocycles. The summed E-state index contributed by atoms with van der Waals surface area (Å²) in [5, 5.41) is 2.88. The highest BCUT2D eigenvalue weighted by molar-refractivity contribution is 7.92. The Morgan fingerprint density at radius 2 is 1.90 bits per heavy atom. The predicted molar refractivity (Wildman–Crippen MR) is 84.2 cm³/mol. The molecule has 1 fully saturated rings. The molecule has 0 amide bonds. The summed E-state index contributed by atoms with van der Waals surface area (Å²) in [7, 11) is -3.32. The van der Waals surface area contributed by atoms with Crippen molar-refractivity contribution in [3.8, 4) is 0 Å². The first kappa shape index (κ1) is 15.8. The highest BCUT2D eigenvalue weighted by Crippen LogP contribution is 2.33.